The number of unbranched alkanes of at least 4 members (excludes halogenated alkanes) is 3. The molecule has 186 valence electrons. The topological polar surface area (TPSA) is 82.4 Å². The summed E-state index contributed by atoms with van der Waals surface area (Å²) < 4.78 is 0. The van der Waals surface area contributed by atoms with Gasteiger partial charge in [0.2, 0.25) is 0 Å². The highest BCUT2D eigenvalue weighted by Gasteiger charge is 2.23. The molecule has 1 heterocycles. The van der Waals surface area contributed by atoms with Crippen molar-refractivity contribution in [3.05, 3.63) is 59.7 Å². The number of nitrogens with zero attached hydrogens (tertiary/aromatic N) is 1. The average molecular weight is 466 g/mol. The van der Waals surface area contributed by atoms with Crippen LogP contribution in [-0.2, 0) is 0 Å². The predicted octanol–water partition coefficient (Wildman–Crippen LogP) is 5.13. The number of nitrogens with one attached hydrogen (secondary N) is 3. The maximum atomic E-state index is 13.2. The van der Waals surface area contributed by atoms with Crippen molar-refractivity contribution in [2.24, 2.45) is 5.73 Å². The van der Waals surface area contributed by atoms with E-state index in [0.717, 1.165) is 74.5 Å². The summed E-state index contributed by atoms with van der Waals surface area (Å²) in [7, 11) is 0. The summed E-state index contributed by atoms with van der Waals surface area (Å²) in [5.41, 5.74) is 9.40. The van der Waals surface area contributed by atoms with E-state index in [-0.39, 0.29) is 13.5 Å². The fourth-order valence-electron chi connectivity index (χ4n) is 3.99. The van der Waals surface area contributed by atoms with Crippen LogP contribution in [0.4, 0.5) is 16.2 Å². The highest BCUT2D eigenvalue weighted by molar-refractivity contribution is 6.05. The van der Waals surface area contributed by atoms with Crippen molar-refractivity contribution in [3.63, 3.8) is 0 Å². The van der Waals surface area contributed by atoms with Crippen LogP contribution in [0.3, 0.4) is 0 Å². The van der Waals surface area contributed by atoms with Crippen molar-refractivity contribution in [2.45, 2.75) is 46.0 Å². The Bertz CT molecular complexity index is 833. The molecule has 0 atom stereocenters. The Balaban J connectivity index is 0.00000408. The molecule has 3 rings (SSSR count). The summed E-state index contributed by atoms with van der Waals surface area (Å²) in [4.78, 5) is 15.0. The quantitative estimate of drug-likeness (QED) is 0.291. The Kier molecular flexibility index (Phi) is 13.0. The molecule has 0 saturated carbocycles. The molecule has 0 bridgehead atoms. The Morgan fingerprint density at radius 2 is 1.12 bits per heavy atom. The number of para-hydroxylation sites is 2. The Hall–Kier alpha value is -2.67. The molecule has 5 N–H and O–H groups in total. The summed E-state index contributed by atoms with van der Waals surface area (Å²) >= 11 is 0. The van der Waals surface area contributed by atoms with E-state index >= 15 is 0 Å². The van der Waals surface area contributed by atoms with Crippen molar-refractivity contribution < 1.29 is 4.79 Å². The highest BCUT2D eigenvalue weighted by atomic mass is 16.2. The number of carbonyl (C=O) groups is 1. The van der Waals surface area contributed by atoms with Gasteiger partial charge in [0.05, 0.1) is 11.4 Å². The lowest BCUT2D eigenvalue weighted by Gasteiger charge is -2.25. The van der Waals surface area contributed by atoms with Gasteiger partial charge in [-0.2, -0.15) is 0 Å². The molecule has 0 unspecified atom stereocenters. The van der Waals surface area contributed by atoms with Crippen LogP contribution in [-0.4, -0.2) is 45.3 Å². The van der Waals surface area contributed by atoms with E-state index in [1.54, 1.807) is 4.90 Å². The molecule has 2 amide bonds. The van der Waals surface area contributed by atoms with Crippen LogP contribution in [0, 0.1) is 0 Å². The van der Waals surface area contributed by atoms with E-state index in [1.807, 2.05) is 48.5 Å². The summed E-state index contributed by atoms with van der Waals surface area (Å²) in [6, 6.07) is 16.0. The zero-order valence-electron chi connectivity index (χ0n) is 19.7. The highest BCUT2D eigenvalue weighted by Crippen LogP contribution is 2.36. The zero-order valence-corrected chi connectivity index (χ0v) is 19.7. The normalized spacial score (nSPS) is 11.9. The number of carbonyl (C=O) groups excluding carboxylic acids is 1. The van der Waals surface area contributed by atoms with Crippen LogP contribution in [0.2, 0.25) is 0 Å². The number of nitrogens with two attached hydrogens (primary N) is 1. The van der Waals surface area contributed by atoms with Gasteiger partial charge in [0.25, 0.3) is 0 Å². The smallest absolute Gasteiger partial charge is 0.326 e. The Morgan fingerprint density at radius 1 is 0.676 bits per heavy atom. The first kappa shape index (κ1) is 27.6. The third-order valence-corrected chi connectivity index (χ3v) is 5.82. The molecule has 0 aromatic heterocycles. The fourth-order valence-corrected chi connectivity index (χ4v) is 3.99. The molecule has 0 aliphatic carbocycles. The second-order valence-corrected chi connectivity index (χ2v) is 8.43. The van der Waals surface area contributed by atoms with Crippen molar-refractivity contribution in [1.82, 2.24) is 16.0 Å². The summed E-state index contributed by atoms with van der Waals surface area (Å²) in [5.74, 6) is 0. The number of amides is 2. The molecule has 6 heteroatoms. The third-order valence-electron chi connectivity index (χ3n) is 5.82. The number of hydrogen-bond donors (Lipinski definition) is 4. The van der Waals surface area contributed by atoms with Gasteiger partial charge in [-0.1, -0.05) is 56.0 Å². The third kappa shape index (κ3) is 8.60. The van der Waals surface area contributed by atoms with Gasteiger partial charge in [0.1, 0.15) is 0 Å². The maximum absolute atomic E-state index is 13.2. The lowest BCUT2D eigenvalue weighted by Crippen LogP contribution is -2.38. The van der Waals surface area contributed by atoms with Gasteiger partial charge in [0, 0.05) is 6.54 Å². The minimum atomic E-state index is -0.0782. The average Bonchev–Trinajstić information content (AvgIpc) is 3.01. The molecular formula is C28H43N5O. The Morgan fingerprint density at radius 3 is 1.62 bits per heavy atom. The maximum Gasteiger partial charge on any atom is 0.326 e. The van der Waals surface area contributed by atoms with Crippen molar-refractivity contribution >= 4 is 29.6 Å². The van der Waals surface area contributed by atoms with E-state index in [1.165, 1.54) is 19.3 Å². The van der Waals surface area contributed by atoms with Crippen molar-refractivity contribution in [2.75, 3.05) is 44.2 Å². The lowest BCUT2D eigenvalue weighted by atomic mass is 10.1. The van der Waals surface area contributed by atoms with Gasteiger partial charge in [-0.05, 0) is 94.5 Å². The number of anilines is 2. The summed E-state index contributed by atoms with van der Waals surface area (Å²) in [5, 5.41) is 10.1. The first-order valence-corrected chi connectivity index (χ1v) is 12.4. The van der Waals surface area contributed by atoms with Crippen LogP contribution in [0.1, 0.15) is 57.1 Å². The van der Waals surface area contributed by atoms with Crippen LogP contribution < -0.4 is 26.6 Å². The molecule has 34 heavy (non-hydrogen) atoms. The van der Waals surface area contributed by atoms with Gasteiger partial charge in [-0.25, -0.2) is 4.79 Å². The van der Waals surface area contributed by atoms with E-state index in [0.29, 0.717) is 6.54 Å². The van der Waals surface area contributed by atoms with Crippen molar-refractivity contribution in [3.8, 4) is 0 Å². The van der Waals surface area contributed by atoms with Gasteiger partial charge in [-0.3, -0.25) is 4.90 Å². The van der Waals surface area contributed by atoms with E-state index in [4.69, 9.17) is 5.73 Å². The van der Waals surface area contributed by atoms with Crippen LogP contribution >= 0.6 is 0 Å². The molecule has 2 aromatic carbocycles. The summed E-state index contributed by atoms with van der Waals surface area (Å²) in [6.45, 7) is 5.64. The molecular weight excluding hydrogens is 422 g/mol. The molecule has 1 aliphatic rings. The first-order valence-electron chi connectivity index (χ1n) is 12.4. The number of benzene rings is 2. The number of urea groups is 1. The lowest BCUT2D eigenvalue weighted by molar-refractivity contribution is 0.248. The molecule has 1 aliphatic heterocycles. The van der Waals surface area contributed by atoms with Gasteiger partial charge in [0.15, 0.2) is 0 Å². The largest absolute Gasteiger partial charge is 0.337 e. The number of rotatable bonds is 14. The molecule has 0 saturated heterocycles. The van der Waals surface area contributed by atoms with Gasteiger partial charge in [-0.15, -0.1) is 0 Å². The van der Waals surface area contributed by atoms with E-state index in [2.05, 4.69) is 28.1 Å². The zero-order chi connectivity index (χ0) is 23.1. The van der Waals surface area contributed by atoms with Crippen LogP contribution in [0.25, 0.3) is 12.2 Å². The fraction of sp³-hybridized carbons (Fsp3) is 0.464. The van der Waals surface area contributed by atoms with E-state index < -0.39 is 0 Å². The first-order chi connectivity index (χ1) is 16.3. The predicted molar refractivity (Wildman–Crippen MR) is 147 cm³/mol. The summed E-state index contributed by atoms with van der Waals surface area (Å²) in [6.07, 6.45) is 10.8. The minimum Gasteiger partial charge on any atom is -0.337 e. The second-order valence-electron chi connectivity index (χ2n) is 8.43. The molecule has 0 fully saturated rings. The number of hydrogen-bond acceptors (Lipinski definition) is 4. The molecule has 0 radical (unpaired) electrons. The number of fused-ring (bicyclic) bond motifs is 2. The SMILES string of the molecule is C.NCCCCNCCCCNCCCCNC(=O)N1c2ccccc2C=Cc2ccccc21. The van der Waals surface area contributed by atoms with E-state index in [9.17, 15) is 4.79 Å². The molecule has 6 nitrogen and oxygen atoms in total. The monoisotopic (exact) mass is 465 g/mol. The van der Waals surface area contributed by atoms with Gasteiger partial charge < -0.3 is 21.7 Å². The second kappa shape index (κ2) is 16.0. The minimum absolute atomic E-state index is 0. The van der Waals surface area contributed by atoms with Crippen LogP contribution in [0.5, 0.6) is 0 Å². The van der Waals surface area contributed by atoms with Crippen molar-refractivity contribution in [1.29, 1.82) is 0 Å². The van der Waals surface area contributed by atoms with Gasteiger partial charge >= 0.3 is 6.03 Å². The molecule has 2 aromatic rings. The van der Waals surface area contributed by atoms with Crippen LogP contribution in [0.15, 0.2) is 48.5 Å². The molecule has 0 spiro atoms. The standard InChI is InChI=1S/C27H39N5O.CH4/c28-17-5-6-18-29-19-7-8-20-30-21-9-10-22-31-27(33)32-25-13-3-1-11-23(25)15-16-24-12-2-4-14-26(24)32;/h1-4,11-16,29-30H,5-10,17-22,28H2,(H,31,33);1H4. The Labute approximate surface area is 206 Å².